The molecule has 320 valence electrons. The van der Waals surface area contributed by atoms with E-state index in [1.165, 1.54) is 11.9 Å². The maximum absolute atomic E-state index is 14.2. The molecular formula is C50H56N8O4. The van der Waals surface area contributed by atoms with Gasteiger partial charge in [-0.15, -0.1) is 0 Å². The highest BCUT2D eigenvalue weighted by Crippen LogP contribution is 2.37. The summed E-state index contributed by atoms with van der Waals surface area (Å²) in [5.74, 6) is 1.62. The summed E-state index contributed by atoms with van der Waals surface area (Å²) in [4.78, 5) is 63.9. The van der Waals surface area contributed by atoms with Crippen molar-refractivity contribution in [3.8, 4) is 33.6 Å². The highest BCUT2D eigenvalue weighted by atomic mass is 16.4. The van der Waals surface area contributed by atoms with Gasteiger partial charge in [0.1, 0.15) is 17.7 Å². The van der Waals surface area contributed by atoms with Crippen molar-refractivity contribution in [2.24, 2.45) is 0 Å². The molecule has 0 unspecified atom stereocenters. The Labute approximate surface area is 363 Å². The largest absolute Gasteiger partial charge is 0.465 e. The molecule has 0 bridgehead atoms. The minimum atomic E-state index is -1.05. The number of likely N-dealkylation sites (tertiary alicyclic amines) is 2. The third kappa shape index (κ3) is 9.06. The lowest BCUT2D eigenvalue weighted by atomic mass is 10.0. The molecule has 12 nitrogen and oxygen atoms in total. The van der Waals surface area contributed by atoms with Gasteiger partial charge in [-0.3, -0.25) is 14.5 Å². The summed E-state index contributed by atoms with van der Waals surface area (Å²) in [6.07, 6.45) is 6.65. The van der Waals surface area contributed by atoms with Crippen LogP contribution in [-0.2, 0) is 16.0 Å². The first-order chi connectivity index (χ1) is 30.2. The van der Waals surface area contributed by atoms with Crippen molar-refractivity contribution < 1.29 is 19.5 Å². The second-order valence-electron chi connectivity index (χ2n) is 16.4. The van der Waals surface area contributed by atoms with E-state index in [-0.39, 0.29) is 36.4 Å². The summed E-state index contributed by atoms with van der Waals surface area (Å²) in [5, 5.41) is 9.77. The molecule has 0 aliphatic carbocycles. The number of H-pyrrole nitrogens is 2. The molecule has 2 aliphatic rings. The number of hydrogen-bond donors (Lipinski definition) is 3. The Kier molecular flexibility index (Phi) is 12.9. The zero-order chi connectivity index (χ0) is 43.2. The van der Waals surface area contributed by atoms with Gasteiger partial charge in [0.15, 0.2) is 0 Å². The fraction of sp³-hybridized carbons (Fsp3) is 0.340. The second-order valence-corrected chi connectivity index (χ2v) is 16.4. The first-order valence-corrected chi connectivity index (χ1v) is 21.9. The third-order valence-electron chi connectivity index (χ3n) is 12.8. The monoisotopic (exact) mass is 832 g/mol. The Morgan fingerprint density at radius 1 is 0.694 bits per heavy atom. The summed E-state index contributed by atoms with van der Waals surface area (Å²) in [5.41, 5.74) is 7.97. The van der Waals surface area contributed by atoms with Crippen LogP contribution in [0.3, 0.4) is 0 Å². The summed E-state index contributed by atoms with van der Waals surface area (Å²) in [7, 11) is 1.53. The summed E-state index contributed by atoms with van der Waals surface area (Å²) < 4.78 is 0. The number of aromatic amines is 2. The first-order valence-electron chi connectivity index (χ1n) is 21.9. The van der Waals surface area contributed by atoms with Crippen LogP contribution in [0.25, 0.3) is 33.6 Å². The predicted octanol–water partition coefficient (Wildman–Crippen LogP) is 9.16. The summed E-state index contributed by atoms with van der Waals surface area (Å²) in [6.45, 7) is 7.12. The Morgan fingerprint density at radius 2 is 1.18 bits per heavy atom. The first kappa shape index (κ1) is 42.2. The number of carbonyl (C=O) groups is 3. The SMILES string of the molecule is CCN(CC)[C@@H](C(=O)N1CCC[C@H]1c1ncc(-c2ccc(-c3ccc(-c4cnc([C@@H]5CCCN5C(=O)C[C@H](Cc5ccccc5)N(C)C(=O)O)[nH]4)cc3)cc2)[nH]1)c1ccccc1. The molecule has 8 rings (SSSR count). The van der Waals surface area contributed by atoms with Gasteiger partial charge in [0, 0.05) is 32.6 Å². The average molecular weight is 833 g/mol. The minimum Gasteiger partial charge on any atom is -0.465 e. The Hall–Kier alpha value is -6.53. The van der Waals surface area contributed by atoms with Gasteiger partial charge < -0.3 is 29.8 Å². The summed E-state index contributed by atoms with van der Waals surface area (Å²) >= 11 is 0. The number of carbonyl (C=O) groups excluding carboxylic acids is 2. The van der Waals surface area contributed by atoms with E-state index in [4.69, 9.17) is 9.97 Å². The van der Waals surface area contributed by atoms with E-state index in [1.54, 1.807) is 0 Å². The molecule has 2 aromatic heterocycles. The smallest absolute Gasteiger partial charge is 0.407 e. The lowest BCUT2D eigenvalue weighted by molar-refractivity contribution is -0.138. The van der Waals surface area contributed by atoms with Crippen LogP contribution >= 0.6 is 0 Å². The third-order valence-corrected chi connectivity index (χ3v) is 12.8. The highest BCUT2D eigenvalue weighted by molar-refractivity contribution is 5.84. The zero-order valence-corrected chi connectivity index (χ0v) is 35.8. The van der Waals surface area contributed by atoms with Crippen molar-refractivity contribution in [1.29, 1.82) is 0 Å². The molecule has 0 radical (unpaired) electrons. The number of hydrogen-bond acceptors (Lipinski definition) is 6. The van der Waals surface area contributed by atoms with Crippen molar-refractivity contribution >= 4 is 17.9 Å². The van der Waals surface area contributed by atoms with E-state index in [0.717, 1.165) is 95.2 Å². The van der Waals surface area contributed by atoms with Gasteiger partial charge in [-0.2, -0.15) is 0 Å². The maximum atomic E-state index is 14.2. The Morgan fingerprint density at radius 3 is 1.69 bits per heavy atom. The highest BCUT2D eigenvalue weighted by Gasteiger charge is 2.38. The standard InChI is InChI=1S/C50H56N8O4/c1-4-56(5-2)46(39-16-10-7-11-17-39)49(60)58-29-13-19-44(58)48-52-33-42(54-48)38-26-22-36(23-27-38)35-20-24-37(25-21-35)41-32-51-47(53-41)43-18-12-28-57(43)45(59)31-40(55(3)50(61)62)30-34-14-8-6-9-15-34/h6-11,14-17,20-27,32-33,40,43-44,46H,4-5,12-13,18-19,28-31H2,1-3H3,(H,51,53)(H,52,54)(H,61,62)/t40-,43-,44-,46+/m0/s1. The predicted molar refractivity (Wildman–Crippen MR) is 241 cm³/mol. The van der Waals surface area contributed by atoms with Crippen molar-refractivity contribution in [2.75, 3.05) is 33.2 Å². The topological polar surface area (TPSA) is 142 Å². The number of benzene rings is 4. The molecule has 6 aromatic rings. The van der Waals surface area contributed by atoms with Crippen molar-refractivity contribution in [2.45, 2.75) is 76.5 Å². The number of amides is 3. The molecule has 2 saturated heterocycles. The molecule has 4 aromatic carbocycles. The normalized spacial score (nSPS) is 17.4. The zero-order valence-electron chi connectivity index (χ0n) is 35.8. The molecule has 2 aliphatic heterocycles. The molecule has 12 heteroatoms. The Balaban J connectivity index is 0.911. The molecule has 0 spiro atoms. The van der Waals surface area contributed by atoms with Crippen LogP contribution in [0.2, 0.25) is 0 Å². The number of rotatable bonds is 15. The van der Waals surface area contributed by atoms with E-state index in [0.29, 0.717) is 19.5 Å². The van der Waals surface area contributed by atoms with E-state index in [1.807, 2.05) is 70.7 Å². The van der Waals surface area contributed by atoms with Crippen LogP contribution in [0.1, 0.15) is 86.9 Å². The fourth-order valence-electron chi connectivity index (χ4n) is 9.25. The van der Waals surface area contributed by atoms with Crippen LogP contribution < -0.4 is 0 Å². The maximum Gasteiger partial charge on any atom is 0.407 e. The van der Waals surface area contributed by atoms with Crippen LogP contribution in [0.15, 0.2) is 122 Å². The molecule has 3 N–H and O–H groups in total. The van der Waals surface area contributed by atoms with E-state index >= 15 is 0 Å². The molecule has 2 fully saturated rings. The van der Waals surface area contributed by atoms with Crippen molar-refractivity contribution in [1.82, 2.24) is 39.5 Å². The van der Waals surface area contributed by atoms with Crippen molar-refractivity contribution in [3.05, 3.63) is 144 Å². The van der Waals surface area contributed by atoms with Crippen LogP contribution in [0.4, 0.5) is 4.79 Å². The van der Waals surface area contributed by atoms with E-state index in [2.05, 4.69) is 89.4 Å². The molecule has 4 heterocycles. The van der Waals surface area contributed by atoms with Gasteiger partial charge in [-0.05, 0) is 78.6 Å². The average Bonchev–Trinajstić information content (AvgIpc) is 4.16. The van der Waals surface area contributed by atoms with Crippen LogP contribution in [0.5, 0.6) is 0 Å². The quantitative estimate of drug-likeness (QED) is 0.0937. The van der Waals surface area contributed by atoms with Gasteiger partial charge in [-0.1, -0.05) is 123 Å². The number of nitrogens with zero attached hydrogens (tertiary/aromatic N) is 6. The molecule has 3 amide bonds. The lowest BCUT2D eigenvalue weighted by Crippen LogP contribution is -2.43. The van der Waals surface area contributed by atoms with Crippen molar-refractivity contribution in [3.63, 3.8) is 0 Å². The Bertz CT molecular complexity index is 2430. The van der Waals surface area contributed by atoms with Crippen LogP contribution in [0, 0.1) is 0 Å². The number of nitrogens with one attached hydrogen (secondary N) is 2. The van der Waals surface area contributed by atoms with Gasteiger partial charge in [0.25, 0.3) is 0 Å². The molecule has 4 atom stereocenters. The lowest BCUT2D eigenvalue weighted by Gasteiger charge is -2.34. The van der Waals surface area contributed by atoms with Crippen LogP contribution in [-0.4, -0.2) is 102 Å². The van der Waals surface area contributed by atoms with E-state index < -0.39 is 12.1 Å². The molecular weight excluding hydrogens is 777 g/mol. The number of aromatic nitrogens is 4. The van der Waals surface area contributed by atoms with Gasteiger partial charge in [0.05, 0.1) is 35.9 Å². The second kappa shape index (κ2) is 19.0. The number of carboxylic acid groups (broad SMARTS) is 1. The van der Waals surface area contributed by atoms with Gasteiger partial charge in [-0.25, -0.2) is 14.8 Å². The fourth-order valence-corrected chi connectivity index (χ4v) is 9.25. The summed E-state index contributed by atoms with van der Waals surface area (Å²) in [6, 6.07) is 35.5. The van der Waals surface area contributed by atoms with Gasteiger partial charge >= 0.3 is 6.09 Å². The molecule has 0 saturated carbocycles. The number of likely N-dealkylation sites (N-methyl/N-ethyl adjacent to an activating group) is 2. The van der Waals surface area contributed by atoms with E-state index in [9.17, 15) is 19.5 Å². The number of imidazole rings is 2. The molecule has 62 heavy (non-hydrogen) atoms. The minimum absolute atomic E-state index is 0.0709. The van der Waals surface area contributed by atoms with Gasteiger partial charge in [0.2, 0.25) is 11.8 Å².